The largest absolute Gasteiger partial charge is 0.486 e. The number of aromatic nitrogens is 6. The quantitative estimate of drug-likeness (QED) is 0.362. The van der Waals surface area contributed by atoms with Crippen molar-refractivity contribution in [2.75, 3.05) is 13.2 Å². The lowest BCUT2D eigenvalue weighted by Crippen LogP contribution is -2.23. The number of pyridine rings is 1. The lowest BCUT2D eigenvalue weighted by Gasteiger charge is -2.18. The van der Waals surface area contributed by atoms with E-state index in [0.29, 0.717) is 40.0 Å². The van der Waals surface area contributed by atoms with Crippen LogP contribution in [0.1, 0.15) is 5.56 Å². The second-order valence-corrected chi connectivity index (χ2v) is 9.37. The van der Waals surface area contributed by atoms with Crippen LogP contribution in [0.3, 0.4) is 0 Å². The number of para-hydroxylation sites is 1. The van der Waals surface area contributed by atoms with Crippen molar-refractivity contribution in [3.63, 3.8) is 0 Å². The van der Waals surface area contributed by atoms with Crippen molar-refractivity contribution in [2.24, 2.45) is 0 Å². The third-order valence-electron chi connectivity index (χ3n) is 5.97. The van der Waals surface area contributed by atoms with E-state index in [0.717, 1.165) is 28.1 Å². The minimum absolute atomic E-state index is 0.233. The molecule has 180 valence electrons. The summed E-state index contributed by atoms with van der Waals surface area (Å²) in [5.74, 6) is 1.85. The molecule has 0 amide bonds. The first kappa shape index (κ1) is 21.5. The van der Waals surface area contributed by atoms with Gasteiger partial charge in [0, 0.05) is 35.3 Å². The van der Waals surface area contributed by atoms with Crippen LogP contribution < -0.4 is 19.6 Å². The Kier molecular flexibility index (Phi) is 5.03. The van der Waals surface area contributed by atoms with E-state index in [9.17, 15) is 4.79 Å². The summed E-state index contributed by atoms with van der Waals surface area (Å²) in [6, 6.07) is 19.3. The summed E-state index contributed by atoms with van der Waals surface area (Å²) in [4.78, 5) is 22.4. The van der Waals surface area contributed by atoms with Crippen LogP contribution in [-0.2, 0) is 0 Å². The molecule has 9 nitrogen and oxygen atoms in total. The third-order valence-corrected chi connectivity index (χ3v) is 6.93. The SMILES string of the molecule is O=c1c(=Cc2cn(-c3ccccc3)nc2-c2ccc3c(c2)OCCO3)sc2nc(-c3cccnc3)nn12. The molecule has 0 N–H and O–H groups in total. The van der Waals surface area contributed by atoms with E-state index in [-0.39, 0.29) is 5.56 Å². The molecule has 1 aliphatic heterocycles. The molecular weight excluding hydrogens is 488 g/mol. The third kappa shape index (κ3) is 3.83. The van der Waals surface area contributed by atoms with Crippen LogP contribution >= 0.6 is 11.3 Å². The van der Waals surface area contributed by atoms with Crippen LogP contribution in [0.2, 0.25) is 0 Å². The van der Waals surface area contributed by atoms with Crippen LogP contribution in [0.4, 0.5) is 0 Å². The standard InChI is InChI=1S/C27H18N6O3S/c34-26-23(37-27-29-25(31-33(26)27)18-5-4-10-28-15-18)14-19-16-32(20-6-2-1-3-7-20)30-24(19)17-8-9-21-22(13-17)36-12-11-35-21/h1-10,13-16H,11-12H2. The van der Waals surface area contributed by atoms with Gasteiger partial charge in [-0.25, -0.2) is 4.68 Å². The minimum Gasteiger partial charge on any atom is -0.486 e. The average molecular weight is 507 g/mol. The molecule has 6 aromatic rings. The smallest absolute Gasteiger partial charge is 0.291 e. The second-order valence-electron chi connectivity index (χ2n) is 8.36. The molecule has 0 unspecified atom stereocenters. The zero-order valence-corrected chi connectivity index (χ0v) is 20.1. The minimum atomic E-state index is -0.233. The van der Waals surface area contributed by atoms with E-state index >= 15 is 0 Å². The van der Waals surface area contributed by atoms with Gasteiger partial charge in [0.05, 0.1) is 10.2 Å². The van der Waals surface area contributed by atoms with Gasteiger partial charge in [-0.05, 0) is 48.5 Å². The van der Waals surface area contributed by atoms with Crippen molar-refractivity contribution < 1.29 is 9.47 Å². The molecule has 0 aliphatic carbocycles. The van der Waals surface area contributed by atoms with Gasteiger partial charge in [0.2, 0.25) is 4.96 Å². The number of fused-ring (bicyclic) bond motifs is 2. The van der Waals surface area contributed by atoms with Crippen molar-refractivity contribution in [3.05, 3.63) is 99.7 Å². The molecule has 0 fully saturated rings. The molecule has 10 heteroatoms. The van der Waals surface area contributed by atoms with Crippen LogP contribution in [0.5, 0.6) is 11.5 Å². The average Bonchev–Trinajstić information content (AvgIpc) is 3.64. The fourth-order valence-electron chi connectivity index (χ4n) is 4.21. The van der Waals surface area contributed by atoms with Crippen LogP contribution in [0, 0.1) is 0 Å². The summed E-state index contributed by atoms with van der Waals surface area (Å²) < 4.78 is 15.1. The first-order valence-electron chi connectivity index (χ1n) is 11.6. The van der Waals surface area contributed by atoms with Gasteiger partial charge in [0.25, 0.3) is 5.56 Å². The van der Waals surface area contributed by atoms with Gasteiger partial charge < -0.3 is 9.47 Å². The predicted octanol–water partition coefficient (Wildman–Crippen LogP) is 3.38. The maximum Gasteiger partial charge on any atom is 0.291 e. The van der Waals surface area contributed by atoms with Gasteiger partial charge in [-0.15, -0.1) is 5.10 Å². The fourth-order valence-corrected chi connectivity index (χ4v) is 5.11. The molecule has 0 saturated heterocycles. The van der Waals surface area contributed by atoms with Gasteiger partial charge in [0.15, 0.2) is 17.3 Å². The van der Waals surface area contributed by atoms with E-state index < -0.39 is 0 Å². The number of benzene rings is 2. The van der Waals surface area contributed by atoms with Crippen molar-refractivity contribution in [1.29, 1.82) is 0 Å². The van der Waals surface area contributed by atoms with Gasteiger partial charge in [-0.1, -0.05) is 29.5 Å². The Hall–Kier alpha value is -4.83. The summed E-state index contributed by atoms with van der Waals surface area (Å²) in [5.41, 5.74) is 3.80. The van der Waals surface area contributed by atoms with Gasteiger partial charge >= 0.3 is 0 Å². The molecule has 37 heavy (non-hydrogen) atoms. The summed E-state index contributed by atoms with van der Waals surface area (Å²) in [6.45, 7) is 1.02. The molecule has 0 radical (unpaired) electrons. The maximum atomic E-state index is 13.3. The Labute approximate surface area is 213 Å². The molecule has 0 atom stereocenters. The summed E-state index contributed by atoms with van der Waals surface area (Å²) in [6.07, 6.45) is 7.11. The molecule has 0 spiro atoms. The molecule has 4 aromatic heterocycles. The number of nitrogens with zero attached hydrogens (tertiary/aromatic N) is 6. The van der Waals surface area contributed by atoms with Crippen LogP contribution in [-0.4, -0.2) is 42.6 Å². The van der Waals surface area contributed by atoms with Crippen LogP contribution in [0.15, 0.2) is 84.0 Å². The van der Waals surface area contributed by atoms with Gasteiger partial charge in [-0.2, -0.15) is 14.6 Å². The zero-order chi connectivity index (χ0) is 24.8. The number of hydrogen-bond acceptors (Lipinski definition) is 8. The van der Waals surface area contributed by atoms with E-state index in [1.54, 1.807) is 17.1 Å². The molecule has 5 heterocycles. The first-order valence-corrected chi connectivity index (χ1v) is 12.4. The maximum absolute atomic E-state index is 13.3. The normalized spacial score (nSPS) is 13.4. The van der Waals surface area contributed by atoms with E-state index in [1.165, 1.54) is 15.9 Å². The number of rotatable bonds is 4. The zero-order valence-electron chi connectivity index (χ0n) is 19.3. The van der Waals surface area contributed by atoms with Crippen molar-refractivity contribution in [1.82, 2.24) is 29.4 Å². The highest BCUT2D eigenvalue weighted by atomic mass is 32.1. The Bertz CT molecular complexity index is 1860. The highest BCUT2D eigenvalue weighted by Gasteiger charge is 2.18. The lowest BCUT2D eigenvalue weighted by molar-refractivity contribution is 0.171. The van der Waals surface area contributed by atoms with Crippen LogP contribution in [0.25, 0.3) is 39.4 Å². The lowest BCUT2D eigenvalue weighted by atomic mass is 10.1. The van der Waals surface area contributed by atoms with Crippen molar-refractivity contribution in [3.8, 4) is 39.8 Å². The molecular formula is C27H18N6O3S. The van der Waals surface area contributed by atoms with Crippen molar-refractivity contribution >= 4 is 22.4 Å². The Morgan fingerprint density at radius 1 is 0.919 bits per heavy atom. The van der Waals surface area contributed by atoms with E-state index in [2.05, 4.69) is 15.1 Å². The summed E-state index contributed by atoms with van der Waals surface area (Å²) in [7, 11) is 0. The molecule has 7 rings (SSSR count). The molecule has 1 aliphatic rings. The fraction of sp³-hybridized carbons (Fsp3) is 0.0741. The monoisotopic (exact) mass is 506 g/mol. The Balaban J connectivity index is 1.37. The summed E-state index contributed by atoms with van der Waals surface area (Å²) >= 11 is 1.29. The number of ether oxygens (including phenoxy) is 2. The number of hydrogen-bond donors (Lipinski definition) is 0. The Morgan fingerprint density at radius 3 is 2.59 bits per heavy atom. The summed E-state index contributed by atoms with van der Waals surface area (Å²) in [5, 5.41) is 9.29. The van der Waals surface area contributed by atoms with Gasteiger partial charge in [-0.3, -0.25) is 9.78 Å². The highest BCUT2D eigenvalue weighted by molar-refractivity contribution is 7.15. The van der Waals surface area contributed by atoms with Crippen molar-refractivity contribution in [2.45, 2.75) is 0 Å². The number of thiazole rings is 1. The molecule has 0 saturated carbocycles. The topological polar surface area (TPSA) is 96.4 Å². The second kappa shape index (κ2) is 8.68. The van der Waals surface area contributed by atoms with E-state index in [1.807, 2.05) is 72.9 Å². The van der Waals surface area contributed by atoms with E-state index in [4.69, 9.17) is 14.6 Å². The van der Waals surface area contributed by atoms with Gasteiger partial charge in [0.1, 0.15) is 18.9 Å². The predicted molar refractivity (Wildman–Crippen MR) is 139 cm³/mol. The molecule has 2 aromatic carbocycles. The molecule has 0 bridgehead atoms. The highest BCUT2D eigenvalue weighted by Crippen LogP contribution is 2.35. The first-order chi connectivity index (χ1) is 18.2. The Morgan fingerprint density at radius 2 is 1.78 bits per heavy atom.